The van der Waals surface area contributed by atoms with E-state index in [0.29, 0.717) is 13.2 Å². The summed E-state index contributed by atoms with van der Waals surface area (Å²) in [6, 6.07) is -0.222. The Morgan fingerprint density at radius 2 is 2.10 bits per heavy atom. The zero-order chi connectivity index (χ0) is 15.8. The second-order valence-corrected chi connectivity index (χ2v) is 7.73. The number of nitrogens with zero attached hydrogens (tertiary/aromatic N) is 1. The van der Waals surface area contributed by atoms with Gasteiger partial charge in [-0.15, -0.1) is 0 Å². The average Bonchev–Trinajstić information content (AvgIpc) is 2.72. The lowest BCUT2D eigenvalue weighted by molar-refractivity contribution is -0.0133. The van der Waals surface area contributed by atoms with Gasteiger partial charge in [0.05, 0.1) is 12.1 Å². The Hall–Kier alpha value is -1.46. The second kappa shape index (κ2) is 5.39. The number of hydrogen-bond donors (Lipinski definition) is 1. The van der Waals surface area contributed by atoms with Gasteiger partial charge in [-0.1, -0.05) is 13.8 Å². The lowest BCUT2D eigenvalue weighted by atomic mass is 9.80. The molecule has 2 aliphatic rings. The molecular formula is C15H26N2O4. The van der Waals surface area contributed by atoms with Gasteiger partial charge < -0.3 is 19.7 Å². The highest BCUT2D eigenvalue weighted by atomic mass is 16.6. The van der Waals surface area contributed by atoms with Crippen molar-refractivity contribution in [3.8, 4) is 0 Å². The highest BCUT2D eigenvalue weighted by molar-refractivity contribution is 5.71. The monoisotopic (exact) mass is 298 g/mol. The summed E-state index contributed by atoms with van der Waals surface area (Å²) in [5.41, 5.74) is -0.477. The summed E-state index contributed by atoms with van der Waals surface area (Å²) in [6.45, 7) is 10.8. The van der Waals surface area contributed by atoms with E-state index >= 15 is 0 Å². The number of amides is 2. The maximum absolute atomic E-state index is 12.5. The van der Waals surface area contributed by atoms with Crippen LogP contribution >= 0.6 is 0 Å². The molecule has 2 amide bonds. The van der Waals surface area contributed by atoms with Crippen molar-refractivity contribution in [2.75, 3.05) is 13.2 Å². The van der Waals surface area contributed by atoms with Crippen LogP contribution in [0.3, 0.4) is 0 Å². The minimum atomic E-state index is -0.529. The molecule has 1 N–H and O–H groups in total. The molecule has 2 heterocycles. The first-order chi connectivity index (χ1) is 9.57. The van der Waals surface area contributed by atoms with Crippen LogP contribution < -0.4 is 5.32 Å². The topological polar surface area (TPSA) is 67.9 Å². The number of carbonyl (C=O) groups is 2. The third-order valence-corrected chi connectivity index (χ3v) is 3.91. The minimum absolute atomic E-state index is 0.0525. The normalized spacial score (nSPS) is 28.8. The molecule has 0 spiro atoms. The van der Waals surface area contributed by atoms with Gasteiger partial charge in [0, 0.05) is 6.54 Å². The predicted molar refractivity (Wildman–Crippen MR) is 78.0 cm³/mol. The van der Waals surface area contributed by atoms with E-state index in [1.165, 1.54) is 0 Å². The smallest absolute Gasteiger partial charge is 0.410 e. The summed E-state index contributed by atoms with van der Waals surface area (Å²) in [4.78, 5) is 25.5. The number of hydrogen-bond acceptors (Lipinski definition) is 4. The lowest BCUT2D eigenvalue weighted by Crippen LogP contribution is -2.58. The van der Waals surface area contributed by atoms with Crippen LogP contribution in [0.1, 0.15) is 47.5 Å². The van der Waals surface area contributed by atoms with Gasteiger partial charge in [0.2, 0.25) is 0 Å². The molecule has 2 atom stereocenters. The van der Waals surface area contributed by atoms with Crippen LogP contribution in [-0.4, -0.2) is 47.9 Å². The summed E-state index contributed by atoms with van der Waals surface area (Å²) >= 11 is 0. The van der Waals surface area contributed by atoms with Crippen LogP contribution in [0.5, 0.6) is 0 Å². The summed E-state index contributed by atoms with van der Waals surface area (Å²) < 4.78 is 10.5. The van der Waals surface area contributed by atoms with E-state index in [1.54, 1.807) is 4.90 Å². The van der Waals surface area contributed by atoms with Crippen LogP contribution in [0, 0.1) is 5.41 Å². The van der Waals surface area contributed by atoms with Crippen molar-refractivity contribution >= 4 is 12.2 Å². The molecule has 0 saturated carbocycles. The number of likely N-dealkylation sites (tertiary alicyclic amines) is 1. The van der Waals surface area contributed by atoms with Crippen molar-refractivity contribution in [3.05, 3.63) is 0 Å². The fraction of sp³-hybridized carbons (Fsp3) is 0.867. The van der Waals surface area contributed by atoms with Gasteiger partial charge >= 0.3 is 12.2 Å². The van der Waals surface area contributed by atoms with E-state index < -0.39 is 11.7 Å². The predicted octanol–water partition coefficient (Wildman–Crippen LogP) is 2.52. The molecule has 0 aromatic heterocycles. The molecule has 2 aliphatic heterocycles. The van der Waals surface area contributed by atoms with E-state index in [-0.39, 0.29) is 23.6 Å². The fourth-order valence-corrected chi connectivity index (χ4v) is 2.90. The number of alkyl carbamates (subject to hydrolysis) is 1. The molecule has 2 rings (SSSR count). The molecule has 0 aromatic carbocycles. The van der Waals surface area contributed by atoms with Gasteiger partial charge in [-0.3, -0.25) is 0 Å². The molecule has 0 radical (unpaired) electrons. The van der Waals surface area contributed by atoms with E-state index in [2.05, 4.69) is 19.2 Å². The number of ether oxygens (including phenoxy) is 2. The molecule has 2 unspecified atom stereocenters. The number of cyclic esters (lactones) is 1. The lowest BCUT2D eigenvalue weighted by Gasteiger charge is -2.45. The molecule has 2 fully saturated rings. The first kappa shape index (κ1) is 15.9. The van der Waals surface area contributed by atoms with Crippen LogP contribution in [-0.2, 0) is 9.47 Å². The van der Waals surface area contributed by atoms with Gasteiger partial charge in [-0.05, 0) is 39.0 Å². The van der Waals surface area contributed by atoms with Crippen LogP contribution in [0.4, 0.5) is 9.59 Å². The molecule has 0 aromatic rings. The van der Waals surface area contributed by atoms with Gasteiger partial charge in [0.25, 0.3) is 0 Å². The Morgan fingerprint density at radius 1 is 1.43 bits per heavy atom. The zero-order valence-corrected chi connectivity index (χ0v) is 13.6. The Balaban J connectivity index is 2.13. The fourth-order valence-electron chi connectivity index (χ4n) is 2.90. The largest absolute Gasteiger partial charge is 0.447 e. The highest BCUT2D eigenvalue weighted by Crippen LogP contribution is 2.34. The van der Waals surface area contributed by atoms with Crippen LogP contribution in [0.15, 0.2) is 0 Å². The van der Waals surface area contributed by atoms with Crippen molar-refractivity contribution in [1.29, 1.82) is 0 Å². The van der Waals surface area contributed by atoms with Crippen molar-refractivity contribution in [2.45, 2.75) is 65.1 Å². The van der Waals surface area contributed by atoms with Gasteiger partial charge in [-0.2, -0.15) is 0 Å². The first-order valence-electron chi connectivity index (χ1n) is 7.50. The second-order valence-electron chi connectivity index (χ2n) is 7.73. The summed E-state index contributed by atoms with van der Waals surface area (Å²) in [6.07, 6.45) is 1.11. The molecule has 0 aliphatic carbocycles. The quantitative estimate of drug-likeness (QED) is 0.807. The van der Waals surface area contributed by atoms with E-state index in [0.717, 1.165) is 12.8 Å². The zero-order valence-electron chi connectivity index (χ0n) is 13.6. The van der Waals surface area contributed by atoms with Crippen molar-refractivity contribution in [3.63, 3.8) is 0 Å². The molecule has 6 heteroatoms. The van der Waals surface area contributed by atoms with E-state index in [4.69, 9.17) is 9.47 Å². The highest BCUT2D eigenvalue weighted by Gasteiger charge is 2.43. The van der Waals surface area contributed by atoms with Gasteiger partial charge in [0.1, 0.15) is 12.2 Å². The Kier molecular flexibility index (Phi) is 4.08. The number of piperidine rings is 1. The van der Waals surface area contributed by atoms with Crippen LogP contribution in [0.25, 0.3) is 0 Å². The standard InChI is InChI=1S/C15H26N2O4/c1-14(2,3)21-13(19)17-9-15(4,5)7-6-11(17)10-8-20-12(18)16-10/h10-11H,6-9H2,1-5H3,(H,16,18). The van der Waals surface area contributed by atoms with E-state index in [9.17, 15) is 9.59 Å². The maximum Gasteiger partial charge on any atom is 0.410 e. The molecule has 2 saturated heterocycles. The molecule has 120 valence electrons. The number of nitrogens with one attached hydrogen (secondary N) is 1. The third kappa shape index (κ3) is 4.02. The molecule has 6 nitrogen and oxygen atoms in total. The molecule has 0 bridgehead atoms. The summed E-state index contributed by atoms with van der Waals surface area (Å²) in [5, 5.41) is 2.79. The Morgan fingerprint density at radius 3 is 2.62 bits per heavy atom. The van der Waals surface area contributed by atoms with Gasteiger partial charge in [0.15, 0.2) is 0 Å². The Bertz CT molecular complexity index is 428. The van der Waals surface area contributed by atoms with Crippen molar-refractivity contribution < 1.29 is 19.1 Å². The first-order valence-corrected chi connectivity index (χ1v) is 7.50. The molecule has 21 heavy (non-hydrogen) atoms. The number of carbonyl (C=O) groups excluding carboxylic acids is 2. The number of rotatable bonds is 1. The molecular weight excluding hydrogens is 272 g/mol. The minimum Gasteiger partial charge on any atom is -0.447 e. The van der Waals surface area contributed by atoms with E-state index in [1.807, 2.05) is 20.8 Å². The summed E-state index contributed by atoms with van der Waals surface area (Å²) in [7, 11) is 0. The average molecular weight is 298 g/mol. The Labute approximate surface area is 126 Å². The van der Waals surface area contributed by atoms with Crippen LogP contribution in [0.2, 0.25) is 0 Å². The van der Waals surface area contributed by atoms with Crippen molar-refractivity contribution in [2.24, 2.45) is 5.41 Å². The van der Waals surface area contributed by atoms with Crippen molar-refractivity contribution in [1.82, 2.24) is 10.2 Å². The maximum atomic E-state index is 12.5. The summed E-state index contributed by atoms with van der Waals surface area (Å²) in [5.74, 6) is 0. The SMILES string of the molecule is CC1(C)CCC(C2COC(=O)N2)N(C(=O)OC(C)(C)C)C1. The van der Waals surface area contributed by atoms with Gasteiger partial charge in [-0.25, -0.2) is 9.59 Å². The third-order valence-electron chi connectivity index (χ3n) is 3.91.